The number of allylic oxidation sites excluding steroid dienone is 4. The number of nitroso groups, excluding NO2 is 1. The van der Waals surface area contributed by atoms with Crippen LogP contribution in [0.3, 0.4) is 0 Å². The van der Waals surface area contributed by atoms with E-state index in [1.165, 1.54) is 0 Å². The van der Waals surface area contributed by atoms with Gasteiger partial charge in [-0.05, 0) is 6.08 Å². The fourth-order valence-electron chi connectivity index (χ4n) is 2.10. The van der Waals surface area contributed by atoms with Gasteiger partial charge in [0.2, 0.25) is 0 Å². The molecule has 0 fully saturated rings. The van der Waals surface area contributed by atoms with Crippen LogP contribution in [0, 0.1) is 4.91 Å². The van der Waals surface area contributed by atoms with E-state index < -0.39 is 11.8 Å². The first-order valence-corrected chi connectivity index (χ1v) is 5.28. The Morgan fingerprint density at radius 3 is 2.39 bits per heavy atom. The first kappa shape index (κ1) is 10.5. The highest BCUT2D eigenvalue weighted by Gasteiger charge is 2.46. The maximum absolute atomic E-state index is 11.8. The summed E-state index contributed by atoms with van der Waals surface area (Å²) >= 11 is 0. The van der Waals surface area contributed by atoms with Gasteiger partial charge in [-0.3, -0.25) is 4.79 Å². The summed E-state index contributed by atoms with van der Waals surface area (Å²) in [4.78, 5) is 47.3. The summed E-state index contributed by atoms with van der Waals surface area (Å²) in [5.41, 5.74) is 0.571. The van der Waals surface area contributed by atoms with Gasteiger partial charge >= 0.3 is 17.6 Å². The molecule has 2 amide bonds. The quantitative estimate of drug-likeness (QED) is 0.491. The molecule has 3 aliphatic rings. The molecule has 2 heterocycles. The minimum Gasteiger partial charge on any atom is -0.294 e. The largest absolute Gasteiger partial charge is 0.344 e. The van der Waals surface area contributed by atoms with Crippen LogP contribution in [0.25, 0.3) is 0 Å². The van der Waals surface area contributed by atoms with Crippen LogP contribution in [0.1, 0.15) is 6.42 Å². The molecule has 88 valence electrons. The Labute approximate surface area is 101 Å². The van der Waals surface area contributed by atoms with Crippen LogP contribution in [0.4, 0.5) is 0 Å². The van der Waals surface area contributed by atoms with Gasteiger partial charge in [-0.2, -0.15) is 0 Å². The summed E-state index contributed by atoms with van der Waals surface area (Å²) in [6.45, 7) is 0. The van der Waals surface area contributed by atoms with Crippen LogP contribution in [0.5, 0.6) is 0 Å². The number of carbonyl (C=O) groups excluding carboxylic acids is 3. The second-order valence-electron chi connectivity index (χ2n) is 3.98. The molecule has 0 bridgehead atoms. The Balaban J connectivity index is 2.16. The van der Waals surface area contributed by atoms with Crippen molar-refractivity contribution in [2.24, 2.45) is 0 Å². The van der Waals surface area contributed by atoms with Crippen molar-refractivity contribution >= 4 is 17.6 Å². The van der Waals surface area contributed by atoms with E-state index in [0.29, 0.717) is 10.3 Å². The van der Waals surface area contributed by atoms with Crippen LogP contribution in [-0.2, 0) is 14.4 Å². The fourth-order valence-corrected chi connectivity index (χ4v) is 2.10. The molecule has 0 saturated heterocycles. The van der Waals surface area contributed by atoms with E-state index in [9.17, 15) is 19.3 Å². The summed E-state index contributed by atoms with van der Waals surface area (Å²) in [6, 6.07) is 0. The number of fused-ring (bicyclic) bond motifs is 1. The maximum Gasteiger partial charge on any atom is 0.344 e. The summed E-state index contributed by atoms with van der Waals surface area (Å²) in [5.74, 6) is -1.46. The summed E-state index contributed by atoms with van der Waals surface area (Å²) in [7, 11) is 0. The lowest BCUT2D eigenvalue weighted by molar-refractivity contribution is -0.435. The third-order valence-corrected chi connectivity index (χ3v) is 2.90. The standard InChI is InChI=1S/C12H7N2O4/c15-9-3-1-2-7-8(9)6-13(18)12(7)14-10(16)4-5-11(14)17/h1-2,4-6H,3H2/q+1. The average Bonchev–Trinajstić information content (AvgIpc) is 2.81. The van der Waals surface area contributed by atoms with E-state index >= 15 is 0 Å². The third kappa shape index (κ3) is 1.26. The second-order valence-corrected chi connectivity index (χ2v) is 3.98. The number of hydrogen-bond acceptors (Lipinski definition) is 4. The Kier molecular flexibility index (Phi) is 2.00. The number of carbonyl (C=O) groups is 3. The number of Topliss-reactive ketones (excluding diaryl/α,β-unsaturated/α-hetero) is 1. The van der Waals surface area contributed by atoms with Gasteiger partial charge in [0.1, 0.15) is 0 Å². The van der Waals surface area contributed by atoms with Crippen molar-refractivity contribution in [1.29, 1.82) is 0 Å². The summed E-state index contributed by atoms with van der Waals surface area (Å²) in [6.07, 6.45) is 6.70. The molecule has 0 saturated carbocycles. The molecule has 0 aromatic rings. The van der Waals surface area contributed by atoms with Gasteiger partial charge < -0.3 is 0 Å². The minimum atomic E-state index is -0.579. The molecule has 1 aliphatic carbocycles. The van der Waals surface area contributed by atoms with E-state index in [4.69, 9.17) is 0 Å². The predicted octanol–water partition coefficient (Wildman–Crippen LogP) is 0.328. The highest BCUT2D eigenvalue weighted by molar-refractivity contribution is 6.14. The molecule has 0 unspecified atom stereocenters. The van der Waals surface area contributed by atoms with Crippen molar-refractivity contribution in [1.82, 2.24) is 4.90 Å². The summed E-state index contributed by atoms with van der Waals surface area (Å²) < 4.78 is 0.390. The zero-order chi connectivity index (χ0) is 12.9. The molecule has 0 spiro atoms. The lowest BCUT2D eigenvalue weighted by atomic mass is 9.96. The highest BCUT2D eigenvalue weighted by atomic mass is 16.3. The monoisotopic (exact) mass is 243 g/mol. The third-order valence-electron chi connectivity index (χ3n) is 2.90. The zero-order valence-electron chi connectivity index (χ0n) is 9.12. The number of imide groups is 1. The van der Waals surface area contributed by atoms with Gasteiger partial charge in [-0.1, -0.05) is 11.0 Å². The molecular weight excluding hydrogens is 236 g/mol. The smallest absolute Gasteiger partial charge is 0.294 e. The molecule has 6 heteroatoms. The first-order chi connectivity index (χ1) is 8.59. The van der Waals surface area contributed by atoms with Crippen LogP contribution in [0.15, 0.2) is 47.5 Å². The summed E-state index contributed by atoms with van der Waals surface area (Å²) in [5, 5.41) is 0. The van der Waals surface area contributed by atoms with Crippen LogP contribution in [0.2, 0.25) is 0 Å². The van der Waals surface area contributed by atoms with Gasteiger partial charge in [-0.15, -0.1) is 4.90 Å². The van der Waals surface area contributed by atoms with E-state index in [-0.39, 0.29) is 23.6 Å². The van der Waals surface area contributed by atoms with Crippen molar-refractivity contribution in [3.8, 4) is 0 Å². The molecule has 2 aliphatic heterocycles. The lowest BCUT2D eigenvalue weighted by Crippen LogP contribution is -2.32. The van der Waals surface area contributed by atoms with Crippen LogP contribution < -0.4 is 0 Å². The Hall–Kier alpha value is -2.63. The normalized spacial score (nSPS) is 22.2. The minimum absolute atomic E-state index is 0.102. The average molecular weight is 243 g/mol. The van der Waals surface area contributed by atoms with E-state index in [1.54, 1.807) is 12.2 Å². The van der Waals surface area contributed by atoms with Gasteiger partial charge in [0.05, 0.1) is 11.1 Å². The SMILES string of the molecule is O=C1CC=CC2=C(N3C(=O)C=CC3=O)[N+](=O)C=C12. The van der Waals surface area contributed by atoms with E-state index in [0.717, 1.165) is 23.3 Å². The van der Waals surface area contributed by atoms with Crippen molar-refractivity contribution in [3.05, 3.63) is 52.4 Å². The van der Waals surface area contributed by atoms with Gasteiger partial charge in [0.25, 0.3) is 0 Å². The molecule has 0 N–H and O–H groups in total. The molecular formula is C12H7N2O4+. The number of rotatable bonds is 1. The van der Waals surface area contributed by atoms with Crippen LogP contribution in [-0.4, -0.2) is 27.3 Å². The molecule has 0 aromatic carbocycles. The van der Waals surface area contributed by atoms with Gasteiger partial charge in [0, 0.05) is 23.3 Å². The molecule has 3 rings (SSSR count). The molecule has 0 aromatic heterocycles. The molecule has 6 nitrogen and oxygen atoms in total. The fraction of sp³-hybridized carbons (Fsp3) is 0.0833. The van der Waals surface area contributed by atoms with E-state index in [2.05, 4.69) is 0 Å². The lowest BCUT2D eigenvalue weighted by Gasteiger charge is -2.08. The Bertz CT molecular complexity index is 631. The molecule has 18 heavy (non-hydrogen) atoms. The topological polar surface area (TPSA) is 74.5 Å². The van der Waals surface area contributed by atoms with Gasteiger partial charge in [0.15, 0.2) is 12.0 Å². The van der Waals surface area contributed by atoms with Crippen LogP contribution >= 0.6 is 0 Å². The number of nitrogens with zero attached hydrogens (tertiary/aromatic N) is 2. The zero-order valence-corrected chi connectivity index (χ0v) is 9.12. The number of ketones is 1. The van der Waals surface area contributed by atoms with Crippen molar-refractivity contribution < 1.29 is 19.1 Å². The first-order valence-electron chi connectivity index (χ1n) is 5.28. The van der Waals surface area contributed by atoms with Crippen molar-refractivity contribution in [2.45, 2.75) is 6.42 Å². The maximum atomic E-state index is 11.8. The molecule has 0 radical (unpaired) electrons. The van der Waals surface area contributed by atoms with Gasteiger partial charge in [-0.25, -0.2) is 9.59 Å². The Morgan fingerprint density at radius 1 is 1.06 bits per heavy atom. The highest BCUT2D eigenvalue weighted by Crippen LogP contribution is 2.32. The second kappa shape index (κ2) is 3.43. The number of hydrogen-bond donors (Lipinski definition) is 0. The number of amides is 2. The molecule has 0 atom stereocenters. The Morgan fingerprint density at radius 2 is 1.72 bits per heavy atom. The van der Waals surface area contributed by atoms with E-state index in [1.807, 2.05) is 0 Å². The van der Waals surface area contributed by atoms with Crippen molar-refractivity contribution in [2.75, 3.05) is 0 Å². The predicted molar refractivity (Wildman–Crippen MR) is 58.5 cm³/mol. The van der Waals surface area contributed by atoms with Crippen molar-refractivity contribution in [3.63, 3.8) is 0 Å².